The number of nitrogens with one attached hydrogen (secondary N) is 1. The van der Waals surface area contributed by atoms with E-state index < -0.39 is 0 Å². The number of aromatic hydroxyl groups is 1. The lowest BCUT2D eigenvalue weighted by atomic mass is 10.1. The molecule has 0 spiro atoms. The molecule has 19 heavy (non-hydrogen) atoms. The van der Waals surface area contributed by atoms with Crippen molar-refractivity contribution >= 4 is 0 Å². The van der Waals surface area contributed by atoms with Gasteiger partial charge in [-0.15, -0.1) is 0 Å². The van der Waals surface area contributed by atoms with Crippen LogP contribution in [-0.4, -0.2) is 37.1 Å². The molecule has 2 rings (SSSR count). The molecule has 0 amide bonds. The van der Waals surface area contributed by atoms with Gasteiger partial charge in [-0.05, 0) is 36.5 Å². The van der Waals surface area contributed by atoms with Crippen molar-refractivity contribution in [2.45, 2.75) is 25.5 Å². The maximum absolute atomic E-state index is 9.80. The van der Waals surface area contributed by atoms with Crippen LogP contribution in [-0.2, 0) is 6.54 Å². The fourth-order valence-corrected chi connectivity index (χ4v) is 2.06. The largest absolute Gasteiger partial charge is 0.502 e. The van der Waals surface area contributed by atoms with Crippen molar-refractivity contribution in [3.63, 3.8) is 0 Å². The number of rotatable bonds is 7. The fourth-order valence-electron chi connectivity index (χ4n) is 2.06. The van der Waals surface area contributed by atoms with E-state index >= 15 is 0 Å². The second kappa shape index (κ2) is 6.12. The standard InChI is InChI=1S/C14H21NO4/c1-18-12-5-9(6-13(19-2)14(12)17)7-15-8-11(16)10-3-4-10/h5-6,10-11,15-17H,3-4,7-8H2,1-2H3. The highest BCUT2D eigenvalue weighted by Crippen LogP contribution is 2.37. The van der Waals surface area contributed by atoms with E-state index in [1.165, 1.54) is 14.2 Å². The van der Waals surface area contributed by atoms with Gasteiger partial charge in [0, 0.05) is 13.1 Å². The van der Waals surface area contributed by atoms with E-state index in [-0.39, 0.29) is 11.9 Å². The van der Waals surface area contributed by atoms with Gasteiger partial charge in [-0.1, -0.05) is 0 Å². The SMILES string of the molecule is COc1cc(CNCC(O)C2CC2)cc(OC)c1O. The second-order valence-corrected chi connectivity index (χ2v) is 4.88. The number of methoxy groups -OCH3 is 2. The maximum atomic E-state index is 9.80. The van der Waals surface area contributed by atoms with Crippen LogP contribution in [0.15, 0.2) is 12.1 Å². The molecule has 5 nitrogen and oxygen atoms in total. The van der Waals surface area contributed by atoms with Gasteiger partial charge in [0.15, 0.2) is 11.5 Å². The van der Waals surface area contributed by atoms with E-state index in [0.717, 1.165) is 18.4 Å². The van der Waals surface area contributed by atoms with Gasteiger partial charge in [0.05, 0.1) is 20.3 Å². The molecule has 0 aliphatic heterocycles. The van der Waals surface area contributed by atoms with Crippen LogP contribution in [0.3, 0.4) is 0 Å². The number of aliphatic hydroxyl groups excluding tert-OH is 1. The van der Waals surface area contributed by atoms with Gasteiger partial charge in [-0.3, -0.25) is 0 Å². The van der Waals surface area contributed by atoms with Crippen LogP contribution < -0.4 is 14.8 Å². The highest BCUT2D eigenvalue weighted by Gasteiger charge is 2.29. The Hall–Kier alpha value is -1.46. The molecule has 3 N–H and O–H groups in total. The molecular formula is C14H21NO4. The quantitative estimate of drug-likeness (QED) is 0.694. The maximum Gasteiger partial charge on any atom is 0.200 e. The molecule has 0 heterocycles. The molecule has 0 bridgehead atoms. The normalized spacial score (nSPS) is 16.2. The molecule has 0 saturated heterocycles. The predicted molar refractivity (Wildman–Crippen MR) is 71.6 cm³/mol. The average Bonchev–Trinajstić information content (AvgIpc) is 3.24. The minimum atomic E-state index is -0.263. The van der Waals surface area contributed by atoms with Crippen LogP contribution in [0.1, 0.15) is 18.4 Å². The van der Waals surface area contributed by atoms with Crippen molar-refractivity contribution in [3.05, 3.63) is 17.7 Å². The van der Waals surface area contributed by atoms with Crippen molar-refractivity contribution in [2.75, 3.05) is 20.8 Å². The molecule has 106 valence electrons. The first-order valence-corrected chi connectivity index (χ1v) is 6.48. The first-order valence-electron chi connectivity index (χ1n) is 6.48. The van der Waals surface area contributed by atoms with Crippen molar-refractivity contribution < 1.29 is 19.7 Å². The summed E-state index contributed by atoms with van der Waals surface area (Å²) in [4.78, 5) is 0. The first kappa shape index (κ1) is 14.0. The van der Waals surface area contributed by atoms with Crippen LogP contribution in [0.2, 0.25) is 0 Å². The molecule has 1 unspecified atom stereocenters. The third kappa shape index (κ3) is 3.52. The Morgan fingerprint density at radius 2 is 1.84 bits per heavy atom. The van der Waals surface area contributed by atoms with E-state index in [2.05, 4.69) is 5.32 Å². The lowest BCUT2D eigenvalue weighted by Gasteiger charge is -2.13. The molecule has 1 aromatic rings. The van der Waals surface area contributed by atoms with Crippen molar-refractivity contribution in [3.8, 4) is 17.2 Å². The van der Waals surface area contributed by atoms with E-state index in [1.807, 2.05) is 0 Å². The van der Waals surface area contributed by atoms with E-state index in [1.54, 1.807) is 12.1 Å². The third-order valence-electron chi connectivity index (χ3n) is 3.39. The summed E-state index contributed by atoms with van der Waals surface area (Å²) in [5, 5.41) is 22.8. The molecular weight excluding hydrogens is 246 g/mol. The highest BCUT2D eigenvalue weighted by atomic mass is 16.5. The molecule has 0 radical (unpaired) electrons. The van der Waals surface area contributed by atoms with Gasteiger partial charge >= 0.3 is 0 Å². The topological polar surface area (TPSA) is 71.0 Å². The monoisotopic (exact) mass is 267 g/mol. The van der Waals surface area contributed by atoms with E-state index in [0.29, 0.717) is 30.5 Å². The Labute approximate surface area is 113 Å². The van der Waals surface area contributed by atoms with Gasteiger partial charge in [-0.25, -0.2) is 0 Å². The van der Waals surface area contributed by atoms with Crippen LogP contribution in [0.5, 0.6) is 17.2 Å². The molecule has 5 heteroatoms. The summed E-state index contributed by atoms with van der Waals surface area (Å²) in [6.07, 6.45) is 1.99. The number of benzene rings is 1. The lowest BCUT2D eigenvalue weighted by Crippen LogP contribution is -2.27. The smallest absolute Gasteiger partial charge is 0.200 e. The zero-order valence-corrected chi connectivity index (χ0v) is 11.3. The minimum Gasteiger partial charge on any atom is -0.502 e. The Morgan fingerprint density at radius 1 is 1.26 bits per heavy atom. The fraction of sp³-hybridized carbons (Fsp3) is 0.571. The summed E-state index contributed by atoms with van der Waals surface area (Å²) < 4.78 is 10.2. The van der Waals surface area contributed by atoms with E-state index in [4.69, 9.17) is 9.47 Å². The van der Waals surface area contributed by atoms with Crippen LogP contribution >= 0.6 is 0 Å². The zero-order chi connectivity index (χ0) is 13.8. The zero-order valence-electron chi connectivity index (χ0n) is 11.3. The Balaban J connectivity index is 1.95. The summed E-state index contributed by atoms with van der Waals surface area (Å²) in [7, 11) is 3.01. The molecule has 1 atom stereocenters. The Morgan fingerprint density at radius 3 is 2.32 bits per heavy atom. The Bertz CT molecular complexity index is 406. The number of phenols is 1. The van der Waals surface area contributed by atoms with Crippen molar-refractivity contribution in [1.82, 2.24) is 5.32 Å². The summed E-state index contributed by atoms with van der Waals surface area (Å²) in [6.45, 7) is 1.17. The molecule has 1 aromatic carbocycles. The van der Waals surface area contributed by atoms with Gasteiger partial charge in [0.1, 0.15) is 0 Å². The van der Waals surface area contributed by atoms with E-state index in [9.17, 15) is 10.2 Å². The minimum absolute atomic E-state index is 0.00626. The van der Waals surface area contributed by atoms with Crippen LogP contribution in [0, 0.1) is 5.92 Å². The third-order valence-corrected chi connectivity index (χ3v) is 3.39. The van der Waals surface area contributed by atoms with Gasteiger partial charge < -0.3 is 25.0 Å². The number of hydrogen-bond acceptors (Lipinski definition) is 5. The predicted octanol–water partition coefficient (Wildman–Crippen LogP) is 1.27. The number of hydrogen-bond donors (Lipinski definition) is 3. The Kier molecular flexibility index (Phi) is 4.50. The lowest BCUT2D eigenvalue weighted by molar-refractivity contribution is 0.148. The van der Waals surface area contributed by atoms with Crippen molar-refractivity contribution in [1.29, 1.82) is 0 Å². The molecule has 1 saturated carbocycles. The van der Waals surface area contributed by atoms with Gasteiger partial charge in [0.25, 0.3) is 0 Å². The molecule has 1 aliphatic carbocycles. The van der Waals surface area contributed by atoms with Crippen molar-refractivity contribution in [2.24, 2.45) is 5.92 Å². The van der Waals surface area contributed by atoms with Gasteiger partial charge in [-0.2, -0.15) is 0 Å². The summed E-state index contributed by atoms with van der Waals surface area (Å²) in [5.41, 5.74) is 0.939. The molecule has 1 aliphatic rings. The number of ether oxygens (including phenoxy) is 2. The van der Waals surface area contributed by atoms with Crippen LogP contribution in [0.4, 0.5) is 0 Å². The highest BCUT2D eigenvalue weighted by molar-refractivity contribution is 5.52. The van der Waals surface area contributed by atoms with Gasteiger partial charge in [0.2, 0.25) is 5.75 Å². The molecule has 0 aromatic heterocycles. The summed E-state index contributed by atoms with van der Waals surface area (Å²) >= 11 is 0. The summed E-state index contributed by atoms with van der Waals surface area (Å²) in [5.74, 6) is 1.25. The molecule has 1 fully saturated rings. The second-order valence-electron chi connectivity index (χ2n) is 4.88. The summed E-state index contributed by atoms with van der Waals surface area (Å²) in [6, 6.07) is 3.52. The first-order chi connectivity index (χ1) is 9.15. The number of aliphatic hydroxyl groups is 1. The van der Waals surface area contributed by atoms with Crippen LogP contribution in [0.25, 0.3) is 0 Å². The number of phenolic OH excluding ortho intramolecular Hbond substituents is 1. The average molecular weight is 267 g/mol.